The largest absolute Gasteiger partial charge is 0.547 e. The third-order valence-electron chi connectivity index (χ3n) is 3.93. The van der Waals surface area contributed by atoms with Crippen molar-refractivity contribution in [1.29, 1.82) is 0 Å². The molecule has 1 aromatic carbocycles. The van der Waals surface area contributed by atoms with Gasteiger partial charge in [-0.2, -0.15) is 13.2 Å². The number of nitrogens with one attached hydrogen (secondary N) is 1. The van der Waals surface area contributed by atoms with Gasteiger partial charge in [0.25, 0.3) is 0 Å². The number of ether oxygens (including phenoxy) is 2. The Labute approximate surface area is 164 Å². The highest BCUT2D eigenvalue weighted by Crippen LogP contribution is 2.31. The molecule has 2 atom stereocenters. The molecule has 1 heterocycles. The van der Waals surface area contributed by atoms with E-state index in [-0.39, 0.29) is 17.7 Å². The average molecular weight is 417 g/mol. The lowest BCUT2D eigenvalue weighted by atomic mass is 9.72. The van der Waals surface area contributed by atoms with Crippen LogP contribution in [0.5, 0.6) is 5.75 Å². The van der Waals surface area contributed by atoms with E-state index >= 15 is 0 Å². The van der Waals surface area contributed by atoms with Gasteiger partial charge in [-0.1, -0.05) is 12.1 Å². The first kappa shape index (κ1) is 22.5. The SMILES string of the molecule is CC(=O)OC(C)OC(=O)c1cccc2c1OB(O)[C@@H](NC(=O)CCC(F)(F)F)C2. The zero-order valence-corrected chi connectivity index (χ0v) is 15.6. The van der Waals surface area contributed by atoms with Crippen LogP contribution in [0.3, 0.4) is 0 Å². The number of rotatable bonds is 6. The molecule has 0 bridgehead atoms. The van der Waals surface area contributed by atoms with E-state index in [1.54, 1.807) is 6.07 Å². The molecular formula is C17H19BF3NO7. The molecular weight excluding hydrogens is 398 g/mol. The number of fused-ring (bicyclic) bond motifs is 1. The quantitative estimate of drug-likeness (QED) is 0.410. The van der Waals surface area contributed by atoms with Crippen LogP contribution in [0.15, 0.2) is 18.2 Å². The molecule has 1 aromatic rings. The summed E-state index contributed by atoms with van der Waals surface area (Å²) in [5, 5.41) is 12.4. The number of amides is 1. The zero-order valence-electron chi connectivity index (χ0n) is 15.6. The molecule has 1 aliphatic heterocycles. The molecule has 0 fully saturated rings. The molecule has 29 heavy (non-hydrogen) atoms. The predicted molar refractivity (Wildman–Crippen MR) is 92.6 cm³/mol. The van der Waals surface area contributed by atoms with Gasteiger partial charge in [0.15, 0.2) is 0 Å². The number of carbonyl (C=O) groups is 3. The summed E-state index contributed by atoms with van der Waals surface area (Å²) < 4.78 is 51.7. The van der Waals surface area contributed by atoms with Crippen molar-refractivity contribution < 1.29 is 46.7 Å². The monoisotopic (exact) mass is 417 g/mol. The van der Waals surface area contributed by atoms with Crippen molar-refractivity contribution in [3.8, 4) is 5.75 Å². The Hall–Kier alpha value is -2.76. The molecule has 1 amide bonds. The van der Waals surface area contributed by atoms with E-state index in [0.717, 1.165) is 6.92 Å². The van der Waals surface area contributed by atoms with Crippen LogP contribution in [0.4, 0.5) is 13.2 Å². The molecule has 2 N–H and O–H groups in total. The highest BCUT2D eigenvalue weighted by molar-refractivity contribution is 6.47. The molecule has 0 spiro atoms. The molecule has 0 aliphatic carbocycles. The summed E-state index contributed by atoms with van der Waals surface area (Å²) in [6.07, 6.45) is -7.65. The van der Waals surface area contributed by atoms with E-state index in [2.05, 4.69) is 5.32 Å². The Balaban J connectivity index is 2.07. The van der Waals surface area contributed by atoms with Crippen molar-refractivity contribution in [1.82, 2.24) is 5.32 Å². The lowest BCUT2D eigenvalue weighted by Gasteiger charge is -2.29. The molecule has 0 saturated carbocycles. The summed E-state index contributed by atoms with van der Waals surface area (Å²) in [5.41, 5.74) is 0.397. The predicted octanol–water partition coefficient (Wildman–Crippen LogP) is 1.53. The topological polar surface area (TPSA) is 111 Å². The van der Waals surface area contributed by atoms with Gasteiger partial charge < -0.3 is 24.5 Å². The first-order chi connectivity index (χ1) is 13.5. The number of alkyl halides is 3. The van der Waals surface area contributed by atoms with E-state index in [1.165, 1.54) is 19.1 Å². The van der Waals surface area contributed by atoms with E-state index in [0.29, 0.717) is 5.56 Å². The Morgan fingerprint density at radius 2 is 2.03 bits per heavy atom. The Bertz CT molecular complexity index is 787. The van der Waals surface area contributed by atoms with Gasteiger partial charge in [0, 0.05) is 20.3 Å². The molecule has 1 unspecified atom stereocenters. The molecule has 8 nitrogen and oxygen atoms in total. The van der Waals surface area contributed by atoms with Crippen molar-refractivity contribution in [2.45, 2.75) is 51.5 Å². The van der Waals surface area contributed by atoms with Gasteiger partial charge in [0.05, 0.1) is 12.4 Å². The second-order valence-electron chi connectivity index (χ2n) is 6.38. The van der Waals surface area contributed by atoms with Crippen molar-refractivity contribution >= 4 is 25.0 Å². The summed E-state index contributed by atoms with van der Waals surface area (Å²) in [7, 11) is -1.59. The minimum Gasteiger partial charge on any atom is -0.534 e. The third kappa shape index (κ3) is 6.66. The second-order valence-corrected chi connectivity index (χ2v) is 6.38. The van der Waals surface area contributed by atoms with E-state index < -0.39 is 56.2 Å². The highest BCUT2D eigenvalue weighted by atomic mass is 19.4. The van der Waals surface area contributed by atoms with E-state index in [1.807, 2.05) is 0 Å². The van der Waals surface area contributed by atoms with E-state index in [9.17, 15) is 32.6 Å². The lowest BCUT2D eigenvalue weighted by Crippen LogP contribution is -2.53. The maximum Gasteiger partial charge on any atom is 0.547 e. The fourth-order valence-corrected chi connectivity index (χ4v) is 2.71. The molecule has 0 saturated heterocycles. The number of benzene rings is 1. The number of carbonyl (C=O) groups excluding carboxylic acids is 3. The molecule has 0 aromatic heterocycles. The van der Waals surface area contributed by atoms with Crippen LogP contribution in [0.25, 0.3) is 0 Å². The van der Waals surface area contributed by atoms with Gasteiger partial charge in [-0.05, 0) is 18.1 Å². The third-order valence-corrected chi connectivity index (χ3v) is 3.93. The van der Waals surface area contributed by atoms with Gasteiger partial charge >= 0.3 is 25.2 Å². The molecule has 12 heteroatoms. The first-order valence-corrected chi connectivity index (χ1v) is 8.67. The van der Waals surface area contributed by atoms with Gasteiger partial charge in [-0.15, -0.1) is 0 Å². The van der Waals surface area contributed by atoms with E-state index in [4.69, 9.17) is 14.1 Å². The normalized spacial score (nSPS) is 16.9. The van der Waals surface area contributed by atoms with Gasteiger partial charge in [-0.3, -0.25) is 9.59 Å². The van der Waals surface area contributed by atoms with Crippen LogP contribution in [0.1, 0.15) is 42.6 Å². The fourth-order valence-electron chi connectivity index (χ4n) is 2.71. The Kier molecular flexibility index (Phi) is 7.12. The summed E-state index contributed by atoms with van der Waals surface area (Å²) in [5.74, 6) is -3.37. The number of para-hydroxylation sites is 1. The van der Waals surface area contributed by atoms with Crippen molar-refractivity contribution in [2.24, 2.45) is 0 Å². The zero-order chi connectivity index (χ0) is 21.8. The standard InChI is InChI=1S/C17H19BF3NO7/c1-9(23)27-10(2)28-16(25)12-5-3-4-11-8-13(18(26)29-15(11)12)22-14(24)6-7-17(19,20)21/h3-5,10,13,26H,6-8H2,1-2H3,(H,22,24)/t10?,13-/m0/s1. The minimum atomic E-state index is -4.47. The van der Waals surface area contributed by atoms with Crippen LogP contribution in [0.2, 0.25) is 0 Å². The Morgan fingerprint density at radius 3 is 2.66 bits per heavy atom. The minimum absolute atomic E-state index is 0.0146. The number of hydrogen-bond donors (Lipinski definition) is 2. The number of esters is 2. The molecule has 158 valence electrons. The smallest absolute Gasteiger partial charge is 0.534 e. The maximum absolute atomic E-state index is 12.3. The van der Waals surface area contributed by atoms with Crippen LogP contribution in [-0.4, -0.2) is 48.4 Å². The summed E-state index contributed by atoms with van der Waals surface area (Å²) >= 11 is 0. The van der Waals surface area contributed by atoms with Gasteiger partial charge in [0.1, 0.15) is 11.3 Å². The fraction of sp³-hybridized carbons (Fsp3) is 0.471. The van der Waals surface area contributed by atoms with Crippen molar-refractivity contribution in [3.63, 3.8) is 0 Å². The number of halogens is 3. The highest BCUT2D eigenvalue weighted by Gasteiger charge is 2.38. The van der Waals surface area contributed by atoms with Gasteiger partial charge in [0.2, 0.25) is 12.2 Å². The lowest BCUT2D eigenvalue weighted by molar-refractivity contribution is -0.162. The molecule has 2 rings (SSSR count). The van der Waals surface area contributed by atoms with Crippen LogP contribution < -0.4 is 9.97 Å². The van der Waals surface area contributed by atoms with Crippen LogP contribution >= 0.6 is 0 Å². The molecule has 0 radical (unpaired) electrons. The van der Waals surface area contributed by atoms with Crippen molar-refractivity contribution in [3.05, 3.63) is 29.3 Å². The van der Waals surface area contributed by atoms with Gasteiger partial charge in [-0.25, -0.2) is 4.79 Å². The van der Waals surface area contributed by atoms with Crippen LogP contribution in [-0.2, 0) is 25.5 Å². The molecule has 1 aliphatic rings. The van der Waals surface area contributed by atoms with Crippen LogP contribution in [0, 0.1) is 0 Å². The summed E-state index contributed by atoms with van der Waals surface area (Å²) in [6.45, 7) is 2.49. The number of hydrogen-bond acceptors (Lipinski definition) is 7. The maximum atomic E-state index is 12.3. The average Bonchev–Trinajstić information content (AvgIpc) is 2.58. The van der Waals surface area contributed by atoms with Crippen molar-refractivity contribution in [2.75, 3.05) is 0 Å². The first-order valence-electron chi connectivity index (χ1n) is 8.67. The summed E-state index contributed by atoms with van der Waals surface area (Å²) in [4.78, 5) is 34.9. The Morgan fingerprint density at radius 1 is 1.34 bits per heavy atom. The second kappa shape index (κ2) is 9.16. The summed E-state index contributed by atoms with van der Waals surface area (Å²) in [6, 6.07) is 4.45.